The minimum Gasteiger partial charge on any atom is -0.326 e. The van der Waals surface area contributed by atoms with E-state index in [1.807, 2.05) is 0 Å². The molecule has 1 fully saturated rings. The highest BCUT2D eigenvalue weighted by molar-refractivity contribution is 7.92. The van der Waals surface area contributed by atoms with E-state index in [0.717, 1.165) is 32.4 Å². The second-order valence-electron chi connectivity index (χ2n) is 6.87. The van der Waals surface area contributed by atoms with E-state index >= 15 is 0 Å². The van der Waals surface area contributed by atoms with Gasteiger partial charge in [-0.05, 0) is 61.7 Å². The summed E-state index contributed by atoms with van der Waals surface area (Å²) in [4.78, 5) is 25.2. The minimum atomic E-state index is -3.81. The molecule has 1 aliphatic rings. The van der Waals surface area contributed by atoms with Crippen molar-refractivity contribution in [3.63, 3.8) is 0 Å². The van der Waals surface area contributed by atoms with Crippen LogP contribution in [-0.4, -0.2) is 38.3 Å². The average molecular weight is 417 g/mol. The number of rotatable bonds is 5. The fraction of sp³-hybridized carbons (Fsp3) is 0.300. The molecule has 0 saturated carbocycles. The van der Waals surface area contributed by atoms with E-state index in [1.165, 1.54) is 25.1 Å². The summed E-state index contributed by atoms with van der Waals surface area (Å²) in [6.07, 6.45) is 3.13. The summed E-state index contributed by atoms with van der Waals surface area (Å²) in [7, 11) is -3.81. The highest BCUT2D eigenvalue weighted by Crippen LogP contribution is 2.21. The Bertz CT molecular complexity index is 984. The average Bonchev–Trinajstić information content (AvgIpc) is 2.68. The molecular weight excluding hydrogens is 392 g/mol. The van der Waals surface area contributed by atoms with Crippen molar-refractivity contribution in [2.24, 2.45) is 0 Å². The zero-order valence-electron chi connectivity index (χ0n) is 16.1. The number of nitrogens with one attached hydrogen (secondary N) is 3. The number of likely N-dealkylation sites (tertiary alicyclic amines) is 1. The molecule has 1 heterocycles. The largest absolute Gasteiger partial charge is 0.326 e. The molecule has 29 heavy (non-hydrogen) atoms. The number of carbonyl (C=O) groups excluding carboxylic acids is 2. The van der Waals surface area contributed by atoms with Crippen molar-refractivity contribution in [1.29, 1.82) is 0 Å². The summed E-state index contributed by atoms with van der Waals surface area (Å²) >= 11 is 0. The Balaban J connectivity index is 1.66. The van der Waals surface area contributed by atoms with Crippen molar-refractivity contribution in [1.82, 2.24) is 4.90 Å². The van der Waals surface area contributed by atoms with Crippen molar-refractivity contribution in [3.8, 4) is 0 Å². The Kier molecular flexibility index (Phi) is 6.38. The number of anilines is 3. The lowest BCUT2D eigenvalue weighted by atomic mass is 10.1. The maximum atomic E-state index is 12.6. The van der Waals surface area contributed by atoms with E-state index in [9.17, 15) is 18.0 Å². The topological polar surface area (TPSA) is 108 Å². The fourth-order valence-corrected chi connectivity index (χ4v) is 4.14. The number of hydrogen-bond donors (Lipinski definition) is 3. The van der Waals surface area contributed by atoms with Crippen molar-refractivity contribution in [2.45, 2.75) is 31.1 Å². The van der Waals surface area contributed by atoms with E-state index in [-0.39, 0.29) is 16.8 Å². The van der Waals surface area contributed by atoms with Gasteiger partial charge >= 0.3 is 6.03 Å². The Hall–Kier alpha value is -3.07. The van der Waals surface area contributed by atoms with Gasteiger partial charge in [-0.2, -0.15) is 0 Å². The summed E-state index contributed by atoms with van der Waals surface area (Å²) < 4.78 is 27.7. The summed E-state index contributed by atoms with van der Waals surface area (Å²) in [6.45, 7) is 2.85. The SMILES string of the molecule is CC(=O)Nc1cccc(NS(=O)(=O)c2ccc(NC(=O)N3CCCCC3)cc2)c1. The smallest absolute Gasteiger partial charge is 0.321 e. The maximum Gasteiger partial charge on any atom is 0.321 e. The van der Waals surface area contributed by atoms with Gasteiger partial charge in [0.2, 0.25) is 5.91 Å². The molecular formula is C20H24N4O4S. The first-order chi connectivity index (χ1) is 13.8. The molecule has 0 bridgehead atoms. The van der Waals surface area contributed by atoms with Crippen molar-refractivity contribution < 1.29 is 18.0 Å². The highest BCUT2D eigenvalue weighted by atomic mass is 32.2. The van der Waals surface area contributed by atoms with Gasteiger partial charge in [-0.1, -0.05) is 6.07 Å². The van der Waals surface area contributed by atoms with Crippen LogP contribution in [0.2, 0.25) is 0 Å². The van der Waals surface area contributed by atoms with Gasteiger partial charge in [0, 0.05) is 31.4 Å². The van der Waals surface area contributed by atoms with Gasteiger partial charge in [0.25, 0.3) is 10.0 Å². The van der Waals surface area contributed by atoms with E-state index in [2.05, 4.69) is 15.4 Å². The van der Waals surface area contributed by atoms with Gasteiger partial charge in [0.05, 0.1) is 10.6 Å². The first-order valence-electron chi connectivity index (χ1n) is 9.40. The Morgan fingerprint density at radius 2 is 1.52 bits per heavy atom. The van der Waals surface area contributed by atoms with Gasteiger partial charge in [-0.15, -0.1) is 0 Å². The molecule has 1 saturated heterocycles. The quantitative estimate of drug-likeness (QED) is 0.694. The summed E-state index contributed by atoms with van der Waals surface area (Å²) in [5, 5.41) is 5.40. The molecule has 9 heteroatoms. The number of amides is 3. The molecule has 3 rings (SSSR count). The van der Waals surface area contributed by atoms with Gasteiger partial charge in [0.15, 0.2) is 0 Å². The molecule has 3 N–H and O–H groups in total. The number of carbonyl (C=O) groups is 2. The predicted octanol–water partition coefficient (Wildman–Crippen LogP) is 3.46. The number of nitrogens with zero attached hydrogens (tertiary/aromatic N) is 1. The van der Waals surface area contributed by atoms with Crippen LogP contribution in [0.5, 0.6) is 0 Å². The molecule has 0 atom stereocenters. The number of benzene rings is 2. The van der Waals surface area contributed by atoms with Gasteiger partial charge in [0.1, 0.15) is 0 Å². The molecule has 3 amide bonds. The molecule has 2 aromatic rings. The molecule has 0 aromatic heterocycles. The second-order valence-corrected chi connectivity index (χ2v) is 8.55. The third-order valence-corrected chi connectivity index (χ3v) is 5.89. The minimum absolute atomic E-state index is 0.0680. The lowest BCUT2D eigenvalue weighted by Crippen LogP contribution is -2.38. The van der Waals surface area contributed by atoms with Crippen LogP contribution in [0, 0.1) is 0 Å². The van der Waals surface area contributed by atoms with Gasteiger partial charge < -0.3 is 15.5 Å². The zero-order valence-corrected chi connectivity index (χ0v) is 17.0. The normalized spacial score (nSPS) is 14.2. The zero-order chi connectivity index (χ0) is 20.9. The summed E-state index contributed by atoms with van der Waals surface area (Å²) in [5.74, 6) is -0.243. The van der Waals surface area contributed by atoms with Crippen LogP contribution in [-0.2, 0) is 14.8 Å². The van der Waals surface area contributed by atoms with Crippen LogP contribution in [0.25, 0.3) is 0 Å². The van der Waals surface area contributed by atoms with Crippen LogP contribution in [0.1, 0.15) is 26.2 Å². The molecule has 8 nitrogen and oxygen atoms in total. The highest BCUT2D eigenvalue weighted by Gasteiger charge is 2.18. The standard InChI is InChI=1S/C20H24N4O4S/c1-15(25)21-17-6-5-7-18(14-17)23-29(27,28)19-10-8-16(9-11-19)22-20(26)24-12-3-2-4-13-24/h5-11,14,23H,2-4,12-13H2,1H3,(H,21,25)(H,22,26). The molecule has 0 spiro atoms. The molecule has 0 unspecified atom stereocenters. The van der Waals surface area contributed by atoms with Crippen LogP contribution in [0.15, 0.2) is 53.4 Å². The Labute approximate surface area is 170 Å². The maximum absolute atomic E-state index is 12.6. The van der Waals surface area contributed by atoms with E-state index in [4.69, 9.17) is 0 Å². The monoisotopic (exact) mass is 416 g/mol. The number of sulfonamides is 1. The summed E-state index contributed by atoms with van der Waals surface area (Å²) in [6, 6.07) is 12.3. The lowest BCUT2D eigenvalue weighted by Gasteiger charge is -2.26. The predicted molar refractivity (Wildman–Crippen MR) is 112 cm³/mol. The van der Waals surface area contributed by atoms with Crippen molar-refractivity contribution in [3.05, 3.63) is 48.5 Å². The van der Waals surface area contributed by atoms with E-state index < -0.39 is 10.0 Å². The van der Waals surface area contributed by atoms with Gasteiger partial charge in [-0.25, -0.2) is 13.2 Å². The fourth-order valence-electron chi connectivity index (χ4n) is 3.09. The first-order valence-corrected chi connectivity index (χ1v) is 10.9. The number of hydrogen-bond acceptors (Lipinski definition) is 4. The number of piperidine rings is 1. The molecule has 2 aromatic carbocycles. The molecule has 1 aliphatic heterocycles. The van der Waals surface area contributed by atoms with E-state index in [0.29, 0.717) is 17.1 Å². The Morgan fingerprint density at radius 1 is 0.862 bits per heavy atom. The van der Waals surface area contributed by atoms with Crippen LogP contribution in [0.3, 0.4) is 0 Å². The Morgan fingerprint density at radius 3 is 2.17 bits per heavy atom. The van der Waals surface area contributed by atoms with Crippen molar-refractivity contribution >= 4 is 39.0 Å². The van der Waals surface area contributed by atoms with Crippen LogP contribution >= 0.6 is 0 Å². The van der Waals surface area contributed by atoms with Crippen molar-refractivity contribution in [2.75, 3.05) is 28.4 Å². The molecule has 154 valence electrons. The third-order valence-electron chi connectivity index (χ3n) is 4.49. The molecule has 0 aliphatic carbocycles. The van der Waals surface area contributed by atoms with Crippen LogP contribution in [0.4, 0.5) is 21.9 Å². The van der Waals surface area contributed by atoms with Gasteiger partial charge in [-0.3, -0.25) is 9.52 Å². The lowest BCUT2D eigenvalue weighted by molar-refractivity contribution is -0.114. The molecule has 0 radical (unpaired) electrons. The third kappa shape index (κ3) is 5.71. The van der Waals surface area contributed by atoms with E-state index in [1.54, 1.807) is 35.2 Å². The summed E-state index contributed by atoms with van der Waals surface area (Å²) in [5.41, 5.74) is 1.36. The second kappa shape index (κ2) is 8.95. The van der Waals surface area contributed by atoms with Crippen LogP contribution < -0.4 is 15.4 Å². The first kappa shape index (κ1) is 20.7. The number of urea groups is 1.